The maximum atomic E-state index is 13.8. The van der Waals surface area contributed by atoms with Gasteiger partial charge in [0.05, 0.1) is 42.7 Å². The van der Waals surface area contributed by atoms with Crippen LogP contribution in [-0.2, 0) is 16.6 Å². The lowest BCUT2D eigenvalue weighted by atomic mass is 9.95. The van der Waals surface area contributed by atoms with E-state index in [9.17, 15) is 9.59 Å². The fraction of sp³-hybridized carbons (Fsp3) is 0.346. The minimum absolute atomic E-state index is 0.214. The third-order valence-corrected chi connectivity index (χ3v) is 7.32. The molecule has 3 aromatic rings. The van der Waals surface area contributed by atoms with Crippen LogP contribution in [0.5, 0.6) is 11.5 Å². The van der Waals surface area contributed by atoms with E-state index in [1.165, 1.54) is 11.3 Å². The number of hydrogen-bond acceptors (Lipinski definition) is 7. The van der Waals surface area contributed by atoms with Gasteiger partial charge in [0.1, 0.15) is 0 Å². The Bertz CT molecular complexity index is 1520. The molecule has 0 radical (unpaired) electrons. The Morgan fingerprint density at radius 3 is 2.46 bits per heavy atom. The highest BCUT2D eigenvalue weighted by Crippen LogP contribution is 2.36. The summed E-state index contributed by atoms with van der Waals surface area (Å²) in [6, 6.07) is 6.70. The molecule has 0 saturated heterocycles. The maximum Gasteiger partial charge on any atom is 0.338 e. The van der Waals surface area contributed by atoms with Crippen molar-refractivity contribution >= 4 is 23.4 Å². The van der Waals surface area contributed by atoms with Crippen LogP contribution in [0.15, 0.2) is 45.3 Å². The van der Waals surface area contributed by atoms with E-state index in [1.54, 1.807) is 44.8 Å². The summed E-state index contributed by atoms with van der Waals surface area (Å²) in [7, 11) is 5.10. The molecule has 1 atom stereocenters. The SMILES string of the molecule is CCOC(=O)C1=C(C)N=c2s/c(=C\c3cc(C)n(C)c3C)c(=O)n2[C@H]1c1ccc(OC)c(OC)c1. The number of methoxy groups -OCH3 is 2. The molecule has 0 N–H and O–H groups in total. The normalized spacial score (nSPS) is 15.6. The molecule has 1 aliphatic heterocycles. The Kier molecular flexibility index (Phi) is 6.71. The third-order valence-electron chi connectivity index (χ3n) is 6.34. The van der Waals surface area contributed by atoms with Crippen molar-refractivity contribution in [1.82, 2.24) is 9.13 Å². The number of carbonyl (C=O) groups excluding carboxylic acids is 1. The summed E-state index contributed by atoms with van der Waals surface area (Å²) in [5.41, 5.74) is 4.45. The molecule has 0 unspecified atom stereocenters. The van der Waals surface area contributed by atoms with E-state index >= 15 is 0 Å². The topological polar surface area (TPSA) is 84.1 Å². The number of benzene rings is 1. The van der Waals surface area contributed by atoms with Crippen LogP contribution in [-0.4, -0.2) is 35.9 Å². The van der Waals surface area contributed by atoms with Crippen molar-refractivity contribution < 1.29 is 19.0 Å². The monoisotopic (exact) mass is 495 g/mol. The molecule has 0 bridgehead atoms. The van der Waals surface area contributed by atoms with E-state index in [4.69, 9.17) is 14.2 Å². The molecular formula is C26H29N3O5S. The van der Waals surface area contributed by atoms with Gasteiger partial charge in [-0.15, -0.1) is 0 Å². The summed E-state index contributed by atoms with van der Waals surface area (Å²) in [4.78, 5) is 32.0. The first-order valence-corrected chi connectivity index (χ1v) is 12.1. The van der Waals surface area contributed by atoms with Crippen LogP contribution < -0.4 is 24.4 Å². The molecule has 0 fully saturated rings. The lowest BCUT2D eigenvalue weighted by Gasteiger charge is -2.25. The molecule has 1 aromatic carbocycles. The number of ether oxygens (including phenoxy) is 3. The van der Waals surface area contributed by atoms with Gasteiger partial charge in [0.15, 0.2) is 16.3 Å². The number of thiazole rings is 1. The van der Waals surface area contributed by atoms with Gasteiger partial charge in [-0.1, -0.05) is 17.4 Å². The number of aryl methyl sites for hydroxylation is 1. The standard InChI is InChI=1S/C26H29N3O5S/c1-8-34-25(31)22-15(3)27-26-29(23(22)17-9-10-19(32-6)20(12-17)33-7)24(30)21(35-26)13-18-11-14(2)28(5)16(18)4/h9-13,23H,8H2,1-7H3/b21-13-/t23-/m0/s1. The van der Waals surface area contributed by atoms with Crippen LogP contribution in [0.3, 0.4) is 0 Å². The molecule has 9 heteroatoms. The van der Waals surface area contributed by atoms with Crippen molar-refractivity contribution in [1.29, 1.82) is 0 Å². The van der Waals surface area contributed by atoms with Crippen molar-refractivity contribution in [3.63, 3.8) is 0 Å². The molecular weight excluding hydrogens is 466 g/mol. The average molecular weight is 496 g/mol. The highest BCUT2D eigenvalue weighted by atomic mass is 32.1. The summed E-state index contributed by atoms with van der Waals surface area (Å²) in [5.74, 6) is 0.551. The lowest BCUT2D eigenvalue weighted by Crippen LogP contribution is -2.40. The number of allylic oxidation sites excluding steroid dienone is 1. The quantitative estimate of drug-likeness (QED) is 0.491. The zero-order valence-electron chi connectivity index (χ0n) is 21.0. The molecule has 184 valence electrons. The molecule has 8 nitrogen and oxygen atoms in total. The molecule has 0 aliphatic carbocycles. The second kappa shape index (κ2) is 9.58. The van der Waals surface area contributed by atoms with Gasteiger partial charge in [-0.25, -0.2) is 9.79 Å². The first kappa shape index (κ1) is 24.5. The van der Waals surface area contributed by atoms with Gasteiger partial charge in [-0.05, 0) is 63.1 Å². The molecule has 0 amide bonds. The Balaban J connectivity index is 1.99. The summed E-state index contributed by atoms with van der Waals surface area (Å²) < 4.78 is 20.4. The summed E-state index contributed by atoms with van der Waals surface area (Å²) in [6.07, 6.45) is 1.89. The van der Waals surface area contributed by atoms with Gasteiger partial charge in [-0.2, -0.15) is 0 Å². The molecule has 3 heterocycles. The van der Waals surface area contributed by atoms with Gasteiger partial charge >= 0.3 is 5.97 Å². The van der Waals surface area contributed by atoms with E-state index in [1.807, 2.05) is 33.0 Å². The minimum Gasteiger partial charge on any atom is -0.493 e. The molecule has 1 aliphatic rings. The fourth-order valence-corrected chi connectivity index (χ4v) is 5.34. The van der Waals surface area contributed by atoms with E-state index in [-0.39, 0.29) is 12.2 Å². The first-order chi connectivity index (χ1) is 16.7. The van der Waals surface area contributed by atoms with Crippen LogP contribution in [0, 0.1) is 13.8 Å². The molecule has 35 heavy (non-hydrogen) atoms. The fourth-order valence-electron chi connectivity index (χ4n) is 4.30. The number of aromatic nitrogens is 2. The van der Waals surface area contributed by atoms with Crippen molar-refractivity contribution in [2.24, 2.45) is 12.0 Å². The van der Waals surface area contributed by atoms with E-state index < -0.39 is 12.0 Å². The van der Waals surface area contributed by atoms with Crippen LogP contribution in [0.4, 0.5) is 0 Å². The predicted molar refractivity (Wildman–Crippen MR) is 135 cm³/mol. The first-order valence-electron chi connectivity index (χ1n) is 11.3. The number of carbonyl (C=O) groups is 1. The zero-order valence-corrected chi connectivity index (χ0v) is 21.8. The van der Waals surface area contributed by atoms with E-state index in [0.29, 0.717) is 37.7 Å². The summed E-state index contributed by atoms with van der Waals surface area (Å²) >= 11 is 1.30. The molecule has 2 aromatic heterocycles. The number of fused-ring (bicyclic) bond motifs is 1. The third kappa shape index (κ3) is 4.20. The Hall–Kier alpha value is -3.59. The van der Waals surface area contributed by atoms with Gasteiger partial charge in [0.25, 0.3) is 5.56 Å². The van der Waals surface area contributed by atoms with Crippen LogP contribution in [0.2, 0.25) is 0 Å². The number of nitrogens with zero attached hydrogens (tertiary/aromatic N) is 3. The van der Waals surface area contributed by atoms with Crippen molar-refractivity contribution in [2.75, 3.05) is 20.8 Å². The van der Waals surface area contributed by atoms with Crippen molar-refractivity contribution in [2.45, 2.75) is 33.7 Å². The number of rotatable bonds is 6. The Morgan fingerprint density at radius 1 is 1.14 bits per heavy atom. The highest BCUT2D eigenvalue weighted by molar-refractivity contribution is 7.07. The molecule has 0 spiro atoms. The second-order valence-electron chi connectivity index (χ2n) is 8.30. The van der Waals surface area contributed by atoms with Crippen LogP contribution >= 0.6 is 11.3 Å². The average Bonchev–Trinajstić information content (AvgIpc) is 3.27. The highest BCUT2D eigenvalue weighted by Gasteiger charge is 2.34. The smallest absolute Gasteiger partial charge is 0.338 e. The van der Waals surface area contributed by atoms with Crippen LogP contribution in [0.25, 0.3) is 6.08 Å². The van der Waals surface area contributed by atoms with E-state index in [0.717, 1.165) is 17.0 Å². The van der Waals surface area contributed by atoms with Gasteiger partial charge < -0.3 is 18.8 Å². The number of esters is 1. The maximum absolute atomic E-state index is 13.8. The Morgan fingerprint density at radius 2 is 1.86 bits per heavy atom. The summed E-state index contributed by atoms with van der Waals surface area (Å²) in [5, 5.41) is 0. The second-order valence-corrected chi connectivity index (χ2v) is 9.31. The minimum atomic E-state index is -0.717. The van der Waals surface area contributed by atoms with E-state index in [2.05, 4.69) is 15.6 Å². The van der Waals surface area contributed by atoms with Crippen molar-refractivity contribution in [3.8, 4) is 11.5 Å². The molecule has 0 saturated carbocycles. The predicted octanol–water partition coefficient (Wildman–Crippen LogP) is 2.77. The number of hydrogen-bond donors (Lipinski definition) is 0. The molecule has 4 rings (SSSR count). The summed E-state index contributed by atoms with van der Waals surface area (Å²) in [6.45, 7) is 7.77. The lowest BCUT2D eigenvalue weighted by molar-refractivity contribution is -0.139. The van der Waals surface area contributed by atoms with Gasteiger partial charge in [-0.3, -0.25) is 9.36 Å². The van der Waals surface area contributed by atoms with Crippen molar-refractivity contribution in [3.05, 3.63) is 77.7 Å². The zero-order chi connectivity index (χ0) is 25.4. The van der Waals surface area contributed by atoms with Gasteiger partial charge in [0.2, 0.25) is 0 Å². The largest absolute Gasteiger partial charge is 0.493 e. The van der Waals surface area contributed by atoms with Crippen LogP contribution in [0.1, 0.15) is 42.4 Å². The van der Waals surface area contributed by atoms with Gasteiger partial charge in [0, 0.05) is 18.4 Å². The Labute approximate surface area is 207 Å².